The standard InChI is InChI=1S/C21H29N5O/c1-17(15-20-16-18(2)23-24-20)22-21(27)26-13-11-25(12-14-26)10-6-9-19-7-4-3-5-8-19/h3-9,16-17H,10-15H2,1-2H3,(H,22,27)(H,23,24)/b9-6+/t17-/m0/s1. The minimum atomic E-state index is 0.0224. The first-order chi connectivity index (χ1) is 13.1. The molecule has 0 radical (unpaired) electrons. The van der Waals surface area contributed by atoms with Crippen LogP contribution >= 0.6 is 0 Å². The number of rotatable bonds is 6. The van der Waals surface area contributed by atoms with Crippen molar-refractivity contribution in [3.63, 3.8) is 0 Å². The van der Waals surface area contributed by atoms with E-state index in [1.54, 1.807) is 0 Å². The maximum Gasteiger partial charge on any atom is 0.317 e. The second-order valence-corrected chi connectivity index (χ2v) is 7.20. The molecule has 6 heteroatoms. The molecule has 1 aromatic carbocycles. The molecule has 1 aliphatic rings. The van der Waals surface area contributed by atoms with Gasteiger partial charge in [0, 0.05) is 50.9 Å². The first kappa shape index (κ1) is 19.2. The van der Waals surface area contributed by atoms with Crippen LogP contribution in [0.2, 0.25) is 0 Å². The van der Waals surface area contributed by atoms with Crippen LogP contribution in [-0.2, 0) is 6.42 Å². The summed E-state index contributed by atoms with van der Waals surface area (Å²) >= 11 is 0. The van der Waals surface area contributed by atoms with Crippen LogP contribution in [0.3, 0.4) is 0 Å². The summed E-state index contributed by atoms with van der Waals surface area (Å²) in [5, 5.41) is 10.3. The lowest BCUT2D eigenvalue weighted by Crippen LogP contribution is -2.53. The predicted octanol–water partition coefficient (Wildman–Crippen LogP) is 2.69. The lowest BCUT2D eigenvalue weighted by atomic mass is 10.2. The number of benzene rings is 1. The van der Waals surface area contributed by atoms with E-state index < -0.39 is 0 Å². The largest absolute Gasteiger partial charge is 0.335 e. The van der Waals surface area contributed by atoms with Gasteiger partial charge in [-0.15, -0.1) is 0 Å². The van der Waals surface area contributed by atoms with Gasteiger partial charge in [0.05, 0.1) is 5.69 Å². The highest BCUT2D eigenvalue weighted by atomic mass is 16.2. The average Bonchev–Trinajstić information content (AvgIpc) is 3.07. The van der Waals surface area contributed by atoms with Crippen LogP contribution in [0.5, 0.6) is 0 Å². The Balaban J connectivity index is 1.38. The SMILES string of the molecule is Cc1cc(C[C@H](C)NC(=O)N2CCN(C/C=C/c3ccccc3)CC2)n[nH]1. The Labute approximate surface area is 161 Å². The van der Waals surface area contributed by atoms with Crippen LogP contribution < -0.4 is 5.32 Å². The third-order valence-electron chi connectivity index (χ3n) is 4.78. The first-order valence-electron chi connectivity index (χ1n) is 9.60. The van der Waals surface area contributed by atoms with Gasteiger partial charge in [0.25, 0.3) is 0 Å². The number of aromatic amines is 1. The average molecular weight is 367 g/mol. The molecule has 0 bridgehead atoms. The molecule has 2 heterocycles. The van der Waals surface area contributed by atoms with Crippen LogP contribution in [0.1, 0.15) is 23.9 Å². The van der Waals surface area contributed by atoms with Crippen LogP contribution in [0, 0.1) is 6.92 Å². The smallest absolute Gasteiger partial charge is 0.317 e. The molecule has 0 saturated carbocycles. The molecule has 2 N–H and O–H groups in total. The van der Waals surface area contributed by atoms with Gasteiger partial charge in [0.1, 0.15) is 0 Å². The number of carbonyl (C=O) groups excluding carboxylic acids is 1. The van der Waals surface area contributed by atoms with Crippen molar-refractivity contribution in [2.45, 2.75) is 26.3 Å². The number of piperazine rings is 1. The topological polar surface area (TPSA) is 64.3 Å². The van der Waals surface area contributed by atoms with Gasteiger partial charge in [-0.05, 0) is 25.5 Å². The van der Waals surface area contributed by atoms with E-state index >= 15 is 0 Å². The minimum Gasteiger partial charge on any atom is -0.335 e. The van der Waals surface area contributed by atoms with Gasteiger partial charge in [0.2, 0.25) is 0 Å². The number of hydrogen-bond acceptors (Lipinski definition) is 3. The predicted molar refractivity (Wildman–Crippen MR) is 109 cm³/mol. The highest BCUT2D eigenvalue weighted by Gasteiger charge is 2.21. The number of carbonyl (C=O) groups is 1. The highest BCUT2D eigenvalue weighted by molar-refractivity contribution is 5.74. The molecule has 0 unspecified atom stereocenters. The van der Waals surface area contributed by atoms with Gasteiger partial charge in [0.15, 0.2) is 0 Å². The van der Waals surface area contributed by atoms with Gasteiger partial charge in [-0.3, -0.25) is 10.00 Å². The van der Waals surface area contributed by atoms with Crippen molar-refractivity contribution in [2.75, 3.05) is 32.7 Å². The summed E-state index contributed by atoms with van der Waals surface area (Å²) < 4.78 is 0. The number of amides is 2. The number of H-pyrrole nitrogens is 1. The summed E-state index contributed by atoms with van der Waals surface area (Å²) in [6, 6.07) is 12.4. The molecule has 1 atom stereocenters. The lowest BCUT2D eigenvalue weighted by molar-refractivity contribution is 0.145. The van der Waals surface area contributed by atoms with Crippen molar-refractivity contribution >= 4 is 12.1 Å². The molecule has 3 rings (SSSR count). The molecule has 1 aliphatic heterocycles. The molecule has 0 spiro atoms. The molecule has 6 nitrogen and oxygen atoms in total. The molecule has 0 aliphatic carbocycles. The zero-order chi connectivity index (χ0) is 19.1. The summed E-state index contributed by atoms with van der Waals surface area (Å²) in [6.45, 7) is 8.25. The van der Waals surface area contributed by atoms with Gasteiger partial charge >= 0.3 is 6.03 Å². The normalized spacial score (nSPS) is 16.6. The van der Waals surface area contributed by atoms with Crippen molar-refractivity contribution in [3.05, 3.63) is 59.4 Å². The number of hydrogen-bond donors (Lipinski definition) is 2. The Morgan fingerprint density at radius 1 is 1.26 bits per heavy atom. The fourth-order valence-electron chi connectivity index (χ4n) is 3.28. The Morgan fingerprint density at radius 3 is 2.67 bits per heavy atom. The van der Waals surface area contributed by atoms with E-state index in [1.165, 1.54) is 5.56 Å². The third kappa shape index (κ3) is 5.96. The quantitative estimate of drug-likeness (QED) is 0.825. The molecule has 1 saturated heterocycles. The van der Waals surface area contributed by atoms with Crippen molar-refractivity contribution in [1.82, 2.24) is 25.3 Å². The van der Waals surface area contributed by atoms with E-state index in [0.29, 0.717) is 0 Å². The molecule has 1 aromatic heterocycles. The summed E-state index contributed by atoms with van der Waals surface area (Å²) in [5.41, 5.74) is 3.24. The maximum atomic E-state index is 12.5. The van der Waals surface area contributed by atoms with E-state index in [2.05, 4.69) is 44.7 Å². The van der Waals surface area contributed by atoms with Gasteiger partial charge in [-0.1, -0.05) is 42.5 Å². The minimum absolute atomic E-state index is 0.0224. The summed E-state index contributed by atoms with van der Waals surface area (Å²) in [7, 11) is 0. The second-order valence-electron chi connectivity index (χ2n) is 7.20. The van der Waals surface area contributed by atoms with E-state index in [1.807, 2.05) is 43.0 Å². The lowest BCUT2D eigenvalue weighted by Gasteiger charge is -2.34. The maximum absolute atomic E-state index is 12.5. The summed E-state index contributed by atoms with van der Waals surface area (Å²) in [6.07, 6.45) is 5.08. The first-order valence-corrected chi connectivity index (χ1v) is 9.60. The van der Waals surface area contributed by atoms with Crippen molar-refractivity contribution < 1.29 is 4.79 Å². The molecule has 1 fully saturated rings. The Morgan fingerprint density at radius 2 is 2.00 bits per heavy atom. The van der Waals surface area contributed by atoms with E-state index in [9.17, 15) is 4.79 Å². The zero-order valence-electron chi connectivity index (χ0n) is 16.2. The molecule has 2 aromatic rings. The van der Waals surface area contributed by atoms with Crippen LogP contribution in [-0.4, -0.2) is 64.8 Å². The van der Waals surface area contributed by atoms with Gasteiger partial charge < -0.3 is 10.2 Å². The van der Waals surface area contributed by atoms with Gasteiger partial charge in [-0.2, -0.15) is 5.10 Å². The van der Waals surface area contributed by atoms with Crippen molar-refractivity contribution in [2.24, 2.45) is 0 Å². The van der Waals surface area contributed by atoms with E-state index in [-0.39, 0.29) is 12.1 Å². The van der Waals surface area contributed by atoms with Crippen LogP contribution in [0.25, 0.3) is 6.08 Å². The van der Waals surface area contributed by atoms with Crippen molar-refractivity contribution in [3.8, 4) is 0 Å². The molecule has 2 amide bonds. The number of aromatic nitrogens is 2. The Bertz CT molecular complexity index is 747. The third-order valence-corrected chi connectivity index (χ3v) is 4.78. The Kier molecular flexibility index (Phi) is 6.65. The fourth-order valence-corrected chi connectivity index (χ4v) is 3.28. The van der Waals surface area contributed by atoms with Gasteiger partial charge in [-0.25, -0.2) is 4.79 Å². The molecular weight excluding hydrogens is 338 g/mol. The highest BCUT2D eigenvalue weighted by Crippen LogP contribution is 2.06. The van der Waals surface area contributed by atoms with Crippen molar-refractivity contribution in [1.29, 1.82) is 0 Å². The second kappa shape index (κ2) is 9.37. The summed E-state index contributed by atoms with van der Waals surface area (Å²) in [5.74, 6) is 0. The molecular formula is C21H29N5O. The molecule has 144 valence electrons. The summed E-state index contributed by atoms with van der Waals surface area (Å²) in [4.78, 5) is 16.7. The Hall–Kier alpha value is -2.60. The molecule has 27 heavy (non-hydrogen) atoms. The van der Waals surface area contributed by atoms with Crippen LogP contribution in [0.4, 0.5) is 4.79 Å². The number of aryl methyl sites for hydroxylation is 1. The number of urea groups is 1. The fraction of sp³-hybridized carbons (Fsp3) is 0.429. The van der Waals surface area contributed by atoms with Crippen LogP contribution in [0.15, 0.2) is 42.5 Å². The number of nitrogens with zero attached hydrogens (tertiary/aromatic N) is 3. The van der Waals surface area contributed by atoms with E-state index in [0.717, 1.165) is 50.5 Å². The number of nitrogens with one attached hydrogen (secondary N) is 2. The zero-order valence-corrected chi connectivity index (χ0v) is 16.2. The monoisotopic (exact) mass is 367 g/mol. The van der Waals surface area contributed by atoms with E-state index in [4.69, 9.17) is 0 Å².